The van der Waals surface area contributed by atoms with Gasteiger partial charge in [-0.1, -0.05) is 31.4 Å². The van der Waals surface area contributed by atoms with E-state index in [9.17, 15) is 18.3 Å². The molecule has 3 N–H and O–H groups in total. The van der Waals surface area contributed by atoms with Crippen molar-refractivity contribution in [2.75, 3.05) is 12.4 Å². The predicted molar refractivity (Wildman–Crippen MR) is 79.8 cm³/mol. The molecule has 1 fully saturated rings. The Morgan fingerprint density at radius 2 is 1.81 bits per heavy atom. The van der Waals surface area contributed by atoms with Crippen LogP contribution in [0.4, 0.5) is 5.69 Å². The van der Waals surface area contributed by atoms with Gasteiger partial charge >= 0.3 is 5.97 Å². The van der Waals surface area contributed by atoms with Crippen molar-refractivity contribution in [1.82, 2.24) is 4.72 Å². The molecule has 0 saturated heterocycles. The van der Waals surface area contributed by atoms with Gasteiger partial charge in [0.1, 0.15) is 10.4 Å². The predicted octanol–water partition coefficient (Wildman–Crippen LogP) is 1.79. The first-order chi connectivity index (χ1) is 9.91. The number of rotatable bonds is 5. The molecule has 6 nitrogen and oxygen atoms in total. The van der Waals surface area contributed by atoms with E-state index in [1.54, 1.807) is 18.2 Å². The fourth-order valence-electron chi connectivity index (χ4n) is 2.72. The van der Waals surface area contributed by atoms with E-state index in [2.05, 4.69) is 10.0 Å². The molecule has 0 spiro atoms. The van der Waals surface area contributed by atoms with Crippen LogP contribution < -0.4 is 10.0 Å². The van der Waals surface area contributed by atoms with Crippen LogP contribution in [0, 0.1) is 0 Å². The Labute approximate surface area is 124 Å². The molecule has 116 valence electrons. The maximum atomic E-state index is 12.0. The average molecular weight is 312 g/mol. The Kier molecular flexibility index (Phi) is 4.53. The van der Waals surface area contributed by atoms with Crippen LogP contribution in [0.5, 0.6) is 0 Å². The molecular formula is C14H20N2O4S. The maximum absolute atomic E-state index is 12.0. The summed E-state index contributed by atoms with van der Waals surface area (Å²) in [6, 6.07) is 6.37. The molecule has 1 aliphatic carbocycles. The monoisotopic (exact) mass is 312 g/mol. The first kappa shape index (κ1) is 15.8. The van der Waals surface area contributed by atoms with Gasteiger partial charge in [-0.15, -0.1) is 0 Å². The fraction of sp³-hybridized carbons (Fsp3) is 0.500. The quantitative estimate of drug-likeness (QED) is 0.770. The summed E-state index contributed by atoms with van der Waals surface area (Å²) in [6.07, 6.45) is 3.64. The van der Waals surface area contributed by atoms with Gasteiger partial charge in [-0.2, -0.15) is 0 Å². The summed E-state index contributed by atoms with van der Waals surface area (Å²) in [7, 11) is -2.30. The lowest BCUT2D eigenvalue weighted by molar-refractivity contribution is -0.143. The number of carboxylic acid groups (broad SMARTS) is 1. The molecule has 1 aliphatic rings. The van der Waals surface area contributed by atoms with E-state index in [4.69, 9.17) is 0 Å². The Morgan fingerprint density at radius 3 is 2.38 bits per heavy atom. The van der Waals surface area contributed by atoms with Gasteiger partial charge in [-0.3, -0.25) is 0 Å². The standard InChI is InChI=1S/C14H20N2O4S/c1-15-21(19,20)12-8-4-3-7-11(12)16-14(13(17)18)9-5-2-6-10-14/h3-4,7-8,15-16H,2,5-6,9-10H2,1H3,(H,17,18). The third-order valence-corrected chi connectivity index (χ3v) is 5.41. The minimum absolute atomic E-state index is 0.0682. The highest BCUT2D eigenvalue weighted by Gasteiger charge is 2.40. The summed E-state index contributed by atoms with van der Waals surface area (Å²) in [5.41, 5.74) is -0.756. The molecule has 1 saturated carbocycles. The van der Waals surface area contributed by atoms with Crippen molar-refractivity contribution in [3.05, 3.63) is 24.3 Å². The van der Waals surface area contributed by atoms with E-state index in [0.29, 0.717) is 18.5 Å². The van der Waals surface area contributed by atoms with E-state index >= 15 is 0 Å². The van der Waals surface area contributed by atoms with Crippen LogP contribution in [0.1, 0.15) is 32.1 Å². The van der Waals surface area contributed by atoms with Crippen molar-refractivity contribution in [1.29, 1.82) is 0 Å². The number of sulfonamides is 1. The lowest BCUT2D eigenvalue weighted by Gasteiger charge is -2.35. The largest absolute Gasteiger partial charge is 0.480 e. The molecule has 1 aromatic carbocycles. The number of benzene rings is 1. The second-order valence-electron chi connectivity index (χ2n) is 5.28. The molecule has 0 aromatic heterocycles. The van der Waals surface area contributed by atoms with Gasteiger partial charge in [0, 0.05) is 0 Å². The fourth-order valence-corrected chi connectivity index (χ4v) is 3.61. The van der Waals surface area contributed by atoms with Gasteiger partial charge in [0.25, 0.3) is 0 Å². The lowest BCUT2D eigenvalue weighted by Crippen LogP contribution is -2.48. The normalized spacial score (nSPS) is 18.1. The third-order valence-electron chi connectivity index (χ3n) is 3.94. The van der Waals surface area contributed by atoms with Crippen molar-refractivity contribution in [3.63, 3.8) is 0 Å². The Hall–Kier alpha value is -1.60. The Morgan fingerprint density at radius 1 is 1.19 bits per heavy atom. The van der Waals surface area contributed by atoms with Crippen LogP contribution in [0.25, 0.3) is 0 Å². The van der Waals surface area contributed by atoms with Crippen LogP contribution in [0.2, 0.25) is 0 Å². The Balaban J connectivity index is 2.41. The van der Waals surface area contributed by atoms with E-state index in [1.807, 2.05) is 0 Å². The topological polar surface area (TPSA) is 95.5 Å². The van der Waals surface area contributed by atoms with Crippen LogP contribution in [-0.2, 0) is 14.8 Å². The van der Waals surface area contributed by atoms with Gasteiger partial charge < -0.3 is 10.4 Å². The number of hydrogen-bond donors (Lipinski definition) is 3. The number of carboxylic acids is 1. The van der Waals surface area contributed by atoms with Gasteiger partial charge in [0.05, 0.1) is 5.69 Å². The minimum Gasteiger partial charge on any atom is -0.480 e. The molecule has 0 unspecified atom stereocenters. The van der Waals surface area contributed by atoms with Crippen LogP contribution in [0.3, 0.4) is 0 Å². The zero-order chi connectivity index (χ0) is 15.5. The molecule has 0 atom stereocenters. The highest BCUT2D eigenvalue weighted by atomic mass is 32.2. The minimum atomic E-state index is -3.64. The van der Waals surface area contributed by atoms with Gasteiger partial charge in [0.2, 0.25) is 10.0 Å². The lowest BCUT2D eigenvalue weighted by atomic mass is 9.81. The van der Waals surface area contributed by atoms with Gasteiger partial charge in [0.15, 0.2) is 0 Å². The number of para-hydroxylation sites is 1. The van der Waals surface area contributed by atoms with E-state index < -0.39 is 21.5 Å². The number of nitrogens with one attached hydrogen (secondary N) is 2. The first-order valence-corrected chi connectivity index (χ1v) is 8.44. The second-order valence-corrected chi connectivity index (χ2v) is 7.13. The number of aliphatic carboxylic acids is 1. The van der Waals surface area contributed by atoms with E-state index in [1.165, 1.54) is 13.1 Å². The SMILES string of the molecule is CNS(=O)(=O)c1ccccc1NC1(C(=O)O)CCCCC1. The summed E-state index contributed by atoms with van der Waals surface area (Å²) < 4.78 is 26.3. The van der Waals surface area contributed by atoms with Gasteiger partial charge in [-0.05, 0) is 32.0 Å². The molecule has 0 aliphatic heterocycles. The molecule has 1 aromatic rings. The average Bonchev–Trinajstić information content (AvgIpc) is 2.48. The summed E-state index contributed by atoms with van der Waals surface area (Å²) in [5, 5.41) is 12.6. The summed E-state index contributed by atoms with van der Waals surface area (Å²) in [4.78, 5) is 11.8. The summed E-state index contributed by atoms with van der Waals surface area (Å²) in [5.74, 6) is -0.932. The number of hydrogen-bond acceptors (Lipinski definition) is 4. The first-order valence-electron chi connectivity index (χ1n) is 6.95. The maximum Gasteiger partial charge on any atom is 0.329 e. The molecule has 21 heavy (non-hydrogen) atoms. The zero-order valence-electron chi connectivity index (χ0n) is 11.9. The number of carbonyl (C=O) groups is 1. The highest BCUT2D eigenvalue weighted by molar-refractivity contribution is 7.89. The van der Waals surface area contributed by atoms with E-state index in [-0.39, 0.29) is 4.90 Å². The van der Waals surface area contributed by atoms with Crippen LogP contribution in [-0.4, -0.2) is 32.1 Å². The summed E-state index contributed by atoms with van der Waals surface area (Å²) in [6.45, 7) is 0. The molecular weight excluding hydrogens is 292 g/mol. The van der Waals surface area contributed by atoms with Crippen molar-refractivity contribution < 1.29 is 18.3 Å². The molecule has 0 amide bonds. The van der Waals surface area contributed by atoms with Gasteiger partial charge in [-0.25, -0.2) is 17.9 Å². The van der Waals surface area contributed by atoms with Crippen LogP contribution >= 0.6 is 0 Å². The molecule has 0 radical (unpaired) electrons. The van der Waals surface area contributed by atoms with Crippen molar-refractivity contribution in [2.24, 2.45) is 0 Å². The second kappa shape index (κ2) is 6.03. The van der Waals surface area contributed by atoms with Crippen molar-refractivity contribution in [2.45, 2.75) is 42.5 Å². The number of anilines is 1. The molecule has 2 rings (SSSR count). The summed E-state index contributed by atoms with van der Waals surface area (Å²) >= 11 is 0. The Bertz CT molecular complexity index is 622. The van der Waals surface area contributed by atoms with Crippen molar-refractivity contribution in [3.8, 4) is 0 Å². The van der Waals surface area contributed by atoms with Crippen LogP contribution in [0.15, 0.2) is 29.2 Å². The third kappa shape index (κ3) is 3.19. The molecule has 0 bridgehead atoms. The molecule has 0 heterocycles. The smallest absolute Gasteiger partial charge is 0.329 e. The van der Waals surface area contributed by atoms with E-state index in [0.717, 1.165) is 19.3 Å². The zero-order valence-corrected chi connectivity index (χ0v) is 12.7. The van der Waals surface area contributed by atoms with Crippen molar-refractivity contribution >= 4 is 21.7 Å². The highest BCUT2D eigenvalue weighted by Crippen LogP contribution is 2.34. The molecule has 7 heteroatoms.